The van der Waals surface area contributed by atoms with E-state index in [4.69, 9.17) is 27.9 Å². The zero-order valence-corrected chi connectivity index (χ0v) is 14.6. The molecule has 0 radical (unpaired) electrons. The van der Waals surface area contributed by atoms with E-state index in [0.29, 0.717) is 21.3 Å². The van der Waals surface area contributed by atoms with Crippen LogP contribution in [0.1, 0.15) is 18.1 Å². The van der Waals surface area contributed by atoms with E-state index in [1.54, 1.807) is 48.5 Å². The molecule has 1 N–H and O–H groups in total. The van der Waals surface area contributed by atoms with Crippen LogP contribution >= 0.6 is 23.2 Å². The maximum atomic E-state index is 12.0. The quantitative estimate of drug-likeness (QED) is 0.643. The van der Waals surface area contributed by atoms with E-state index < -0.39 is 5.97 Å². The van der Waals surface area contributed by atoms with Crippen LogP contribution in [0.15, 0.2) is 53.2 Å². The monoisotopic (exact) mass is 374 g/mol. The van der Waals surface area contributed by atoms with Gasteiger partial charge >= 0.3 is 5.97 Å². The standard InChI is InChI=1S/C18H12Cl2N2O3/c1-10(23)21-13-5-2-11(3-6-13)8-16-18(24)25-17(22-16)12-4-7-14(19)15(20)9-12/h2-9H,1H3,(H,21,23)/b16-8-. The molecule has 2 aromatic rings. The number of nitrogens with zero attached hydrogens (tertiary/aromatic N) is 1. The molecule has 1 amide bonds. The number of ether oxygens (including phenoxy) is 1. The second-order valence-corrected chi connectivity index (χ2v) is 6.08. The third kappa shape index (κ3) is 4.07. The van der Waals surface area contributed by atoms with Gasteiger partial charge in [-0.3, -0.25) is 4.79 Å². The number of esters is 1. The van der Waals surface area contributed by atoms with Gasteiger partial charge in [0.2, 0.25) is 11.8 Å². The third-order valence-electron chi connectivity index (χ3n) is 3.32. The molecule has 0 atom stereocenters. The number of hydrogen-bond donors (Lipinski definition) is 1. The molecule has 0 saturated carbocycles. The van der Waals surface area contributed by atoms with Crippen molar-refractivity contribution in [3.05, 3.63) is 69.3 Å². The predicted octanol–water partition coefficient (Wildman–Crippen LogP) is 4.30. The second-order valence-electron chi connectivity index (χ2n) is 5.27. The van der Waals surface area contributed by atoms with Crippen molar-refractivity contribution in [3.63, 3.8) is 0 Å². The van der Waals surface area contributed by atoms with Crippen molar-refractivity contribution < 1.29 is 14.3 Å². The lowest BCUT2D eigenvalue weighted by Crippen LogP contribution is -2.05. The smallest absolute Gasteiger partial charge is 0.363 e. The van der Waals surface area contributed by atoms with Crippen LogP contribution in [0.5, 0.6) is 0 Å². The molecule has 1 aliphatic heterocycles. The number of hydrogen-bond acceptors (Lipinski definition) is 4. The SMILES string of the molecule is CC(=O)Nc1ccc(/C=C2\N=C(c3ccc(Cl)c(Cl)c3)OC2=O)cc1. The number of nitrogens with one attached hydrogen (secondary N) is 1. The van der Waals surface area contributed by atoms with Gasteiger partial charge in [0.1, 0.15) is 0 Å². The molecule has 5 nitrogen and oxygen atoms in total. The Kier molecular flexibility index (Phi) is 4.88. The van der Waals surface area contributed by atoms with E-state index in [0.717, 1.165) is 5.56 Å². The molecule has 7 heteroatoms. The van der Waals surface area contributed by atoms with E-state index in [9.17, 15) is 9.59 Å². The fourth-order valence-corrected chi connectivity index (χ4v) is 2.48. The van der Waals surface area contributed by atoms with Crippen molar-refractivity contribution in [2.24, 2.45) is 4.99 Å². The molecule has 0 saturated heterocycles. The molecule has 1 aliphatic rings. The van der Waals surface area contributed by atoms with Crippen LogP contribution < -0.4 is 5.32 Å². The van der Waals surface area contributed by atoms with Gasteiger partial charge in [0, 0.05) is 18.2 Å². The van der Waals surface area contributed by atoms with Crippen molar-refractivity contribution >= 4 is 52.7 Å². The summed E-state index contributed by atoms with van der Waals surface area (Å²) in [4.78, 5) is 27.2. The van der Waals surface area contributed by atoms with Gasteiger partial charge in [-0.2, -0.15) is 0 Å². The first-order chi connectivity index (χ1) is 11.9. The van der Waals surface area contributed by atoms with Gasteiger partial charge in [-0.25, -0.2) is 9.79 Å². The Bertz CT molecular complexity index is 918. The Labute approximate surface area is 153 Å². The fourth-order valence-electron chi connectivity index (χ4n) is 2.19. The lowest BCUT2D eigenvalue weighted by molar-refractivity contribution is -0.129. The maximum absolute atomic E-state index is 12.0. The fraction of sp³-hybridized carbons (Fsp3) is 0.0556. The summed E-state index contributed by atoms with van der Waals surface area (Å²) in [5, 5.41) is 3.43. The summed E-state index contributed by atoms with van der Waals surface area (Å²) in [6.45, 7) is 1.43. The van der Waals surface area contributed by atoms with E-state index in [1.165, 1.54) is 6.92 Å². The Balaban J connectivity index is 1.85. The van der Waals surface area contributed by atoms with E-state index in [2.05, 4.69) is 10.3 Å². The number of benzene rings is 2. The molecule has 0 spiro atoms. The number of rotatable bonds is 3. The third-order valence-corrected chi connectivity index (χ3v) is 4.06. The molecule has 3 rings (SSSR count). The summed E-state index contributed by atoms with van der Waals surface area (Å²) in [6.07, 6.45) is 1.60. The van der Waals surface area contributed by atoms with Crippen molar-refractivity contribution in [1.29, 1.82) is 0 Å². The number of aliphatic imine (C=N–C) groups is 1. The summed E-state index contributed by atoms with van der Waals surface area (Å²) >= 11 is 11.9. The van der Waals surface area contributed by atoms with Crippen LogP contribution in [-0.4, -0.2) is 17.8 Å². The number of anilines is 1. The molecule has 1 heterocycles. The minimum absolute atomic E-state index is 0.152. The molecular formula is C18H12Cl2N2O3. The number of carbonyl (C=O) groups is 2. The molecule has 0 unspecified atom stereocenters. The van der Waals surface area contributed by atoms with Crippen molar-refractivity contribution in [1.82, 2.24) is 0 Å². The molecule has 0 aromatic heterocycles. The van der Waals surface area contributed by atoms with Gasteiger partial charge in [-0.1, -0.05) is 35.3 Å². The normalized spacial score (nSPS) is 15.1. The zero-order valence-electron chi connectivity index (χ0n) is 13.0. The van der Waals surface area contributed by atoms with Gasteiger partial charge < -0.3 is 10.1 Å². The summed E-state index contributed by atoms with van der Waals surface area (Å²) in [7, 11) is 0. The second kappa shape index (κ2) is 7.09. The predicted molar refractivity (Wildman–Crippen MR) is 97.8 cm³/mol. The van der Waals surface area contributed by atoms with Crippen LogP contribution in [0, 0.1) is 0 Å². The van der Waals surface area contributed by atoms with Crippen LogP contribution in [0.4, 0.5) is 5.69 Å². The van der Waals surface area contributed by atoms with Gasteiger partial charge in [0.05, 0.1) is 10.0 Å². The van der Waals surface area contributed by atoms with E-state index in [1.807, 2.05) is 0 Å². The van der Waals surface area contributed by atoms with Crippen LogP contribution in [0.3, 0.4) is 0 Å². The summed E-state index contributed by atoms with van der Waals surface area (Å²) in [5.41, 5.74) is 2.16. The molecule has 126 valence electrons. The number of halogens is 2. The molecule has 25 heavy (non-hydrogen) atoms. The summed E-state index contributed by atoms with van der Waals surface area (Å²) in [6, 6.07) is 11.9. The lowest BCUT2D eigenvalue weighted by atomic mass is 10.1. The van der Waals surface area contributed by atoms with Gasteiger partial charge in [-0.05, 0) is 42.0 Å². The average Bonchev–Trinajstić information content (AvgIpc) is 2.92. The van der Waals surface area contributed by atoms with Crippen LogP contribution in [0.25, 0.3) is 6.08 Å². The minimum atomic E-state index is -0.549. The molecule has 0 aliphatic carbocycles. The first kappa shape index (κ1) is 17.2. The summed E-state index contributed by atoms with van der Waals surface area (Å²) in [5.74, 6) is -0.530. The minimum Gasteiger partial charge on any atom is -0.402 e. The van der Waals surface area contributed by atoms with Crippen molar-refractivity contribution in [3.8, 4) is 0 Å². The van der Waals surface area contributed by atoms with Gasteiger partial charge in [0.15, 0.2) is 5.70 Å². The highest BCUT2D eigenvalue weighted by Crippen LogP contribution is 2.26. The number of amides is 1. The van der Waals surface area contributed by atoms with Crippen LogP contribution in [-0.2, 0) is 14.3 Å². The average molecular weight is 375 g/mol. The Hall–Kier alpha value is -2.63. The maximum Gasteiger partial charge on any atom is 0.363 e. The number of carbonyl (C=O) groups excluding carboxylic acids is 2. The van der Waals surface area contributed by atoms with Crippen molar-refractivity contribution in [2.45, 2.75) is 6.92 Å². The summed E-state index contributed by atoms with van der Waals surface area (Å²) < 4.78 is 5.19. The molecule has 0 bridgehead atoms. The van der Waals surface area contributed by atoms with Crippen LogP contribution in [0.2, 0.25) is 10.0 Å². The topological polar surface area (TPSA) is 67.8 Å². The Morgan fingerprint density at radius 3 is 2.48 bits per heavy atom. The molecule has 2 aromatic carbocycles. The molecular weight excluding hydrogens is 363 g/mol. The van der Waals surface area contributed by atoms with Gasteiger partial charge in [-0.15, -0.1) is 0 Å². The van der Waals surface area contributed by atoms with E-state index in [-0.39, 0.29) is 17.5 Å². The van der Waals surface area contributed by atoms with E-state index >= 15 is 0 Å². The first-order valence-electron chi connectivity index (χ1n) is 7.28. The Morgan fingerprint density at radius 2 is 1.84 bits per heavy atom. The highest BCUT2D eigenvalue weighted by atomic mass is 35.5. The van der Waals surface area contributed by atoms with Crippen molar-refractivity contribution in [2.75, 3.05) is 5.32 Å². The highest BCUT2D eigenvalue weighted by Gasteiger charge is 2.24. The zero-order chi connectivity index (χ0) is 18.0. The largest absolute Gasteiger partial charge is 0.402 e. The molecule has 0 fully saturated rings. The Morgan fingerprint density at radius 1 is 1.12 bits per heavy atom. The highest BCUT2D eigenvalue weighted by molar-refractivity contribution is 6.42. The number of cyclic esters (lactones) is 1. The first-order valence-corrected chi connectivity index (χ1v) is 8.03. The van der Waals surface area contributed by atoms with Gasteiger partial charge in [0.25, 0.3) is 0 Å². The lowest BCUT2D eigenvalue weighted by Gasteiger charge is -2.01.